The van der Waals surface area contributed by atoms with Crippen LogP contribution in [-0.2, 0) is 19.6 Å². The second-order valence-electron chi connectivity index (χ2n) is 7.22. The lowest BCUT2D eigenvalue weighted by Crippen LogP contribution is -2.37. The fourth-order valence-electron chi connectivity index (χ4n) is 3.45. The zero-order chi connectivity index (χ0) is 21.3. The molecule has 6 nitrogen and oxygen atoms in total. The molecule has 2 aromatic carbocycles. The molecule has 2 heterocycles. The van der Waals surface area contributed by atoms with Crippen molar-refractivity contribution in [1.82, 2.24) is 20.6 Å². The van der Waals surface area contributed by atoms with Gasteiger partial charge in [0.25, 0.3) is 0 Å². The number of fused-ring (bicyclic) bond motifs is 1. The maximum atomic E-state index is 5.87. The van der Waals surface area contributed by atoms with Gasteiger partial charge in [-0.3, -0.25) is 9.98 Å². The first-order chi connectivity index (χ1) is 15.3. The number of benzene rings is 2. The molecule has 7 heteroatoms. The largest absolute Gasteiger partial charge is 0.487 e. The van der Waals surface area contributed by atoms with Gasteiger partial charge in [0.2, 0.25) is 0 Å². The zero-order valence-electron chi connectivity index (χ0n) is 18.0. The number of H-pyrrole nitrogens is 1. The highest BCUT2D eigenvalue weighted by molar-refractivity contribution is 14.0. The Morgan fingerprint density at radius 1 is 1.03 bits per heavy atom. The van der Waals surface area contributed by atoms with Crippen molar-refractivity contribution in [2.24, 2.45) is 4.99 Å². The summed E-state index contributed by atoms with van der Waals surface area (Å²) in [6.07, 6.45) is 4.77. The van der Waals surface area contributed by atoms with Crippen molar-refractivity contribution in [3.63, 3.8) is 0 Å². The van der Waals surface area contributed by atoms with Gasteiger partial charge in [-0.05, 0) is 47.9 Å². The topological polar surface area (TPSA) is 74.3 Å². The van der Waals surface area contributed by atoms with E-state index in [1.807, 2.05) is 42.5 Å². The molecule has 166 valence electrons. The van der Waals surface area contributed by atoms with Crippen LogP contribution in [0, 0.1) is 0 Å². The van der Waals surface area contributed by atoms with E-state index in [1.54, 1.807) is 13.2 Å². The van der Waals surface area contributed by atoms with Gasteiger partial charge in [-0.25, -0.2) is 0 Å². The van der Waals surface area contributed by atoms with Crippen LogP contribution in [0.3, 0.4) is 0 Å². The number of aromatic amines is 1. The van der Waals surface area contributed by atoms with Gasteiger partial charge in [-0.2, -0.15) is 0 Å². The van der Waals surface area contributed by atoms with Crippen LogP contribution in [0.4, 0.5) is 0 Å². The number of guanidine groups is 1. The highest BCUT2D eigenvalue weighted by Crippen LogP contribution is 2.18. The van der Waals surface area contributed by atoms with Crippen LogP contribution in [0.2, 0.25) is 0 Å². The van der Waals surface area contributed by atoms with Crippen molar-refractivity contribution < 1.29 is 4.74 Å². The van der Waals surface area contributed by atoms with Crippen LogP contribution >= 0.6 is 24.0 Å². The summed E-state index contributed by atoms with van der Waals surface area (Å²) in [4.78, 5) is 11.9. The van der Waals surface area contributed by atoms with Gasteiger partial charge in [0, 0.05) is 43.4 Å². The third kappa shape index (κ3) is 6.46. The zero-order valence-corrected chi connectivity index (χ0v) is 20.4. The van der Waals surface area contributed by atoms with E-state index in [-0.39, 0.29) is 24.0 Å². The molecule has 3 N–H and O–H groups in total. The Morgan fingerprint density at radius 3 is 2.75 bits per heavy atom. The lowest BCUT2D eigenvalue weighted by atomic mass is 10.1. The summed E-state index contributed by atoms with van der Waals surface area (Å²) in [5, 5.41) is 8.03. The van der Waals surface area contributed by atoms with Crippen LogP contribution in [0.25, 0.3) is 10.9 Å². The predicted molar refractivity (Wildman–Crippen MR) is 141 cm³/mol. The molecule has 0 saturated heterocycles. The first kappa shape index (κ1) is 23.6. The SMILES string of the molecule is CN=C(NCCc1c[nH]c2ccccc12)NCc1cccc(OCc2ccccn2)c1.I. The average molecular weight is 541 g/mol. The summed E-state index contributed by atoms with van der Waals surface area (Å²) in [5.74, 6) is 1.60. The van der Waals surface area contributed by atoms with Gasteiger partial charge in [-0.15, -0.1) is 24.0 Å². The number of para-hydroxylation sites is 1. The van der Waals surface area contributed by atoms with Gasteiger partial charge in [-0.1, -0.05) is 36.4 Å². The first-order valence-corrected chi connectivity index (χ1v) is 10.4. The number of halogens is 1. The maximum absolute atomic E-state index is 5.87. The number of aromatic nitrogens is 2. The summed E-state index contributed by atoms with van der Waals surface area (Å²) in [6.45, 7) is 1.91. The number of nitrogens with one attached hydrogen (secondary N) is 3. The van der Waals surface area contributed by atoms with Crippen LogP contribution in [0.1, 0.15) is 16.8 Å². The Bertz CT molecular complexity index is 1140. The molecule has 2 aromatic heterocycles. The van der Waals surface area contributed by atoms with Gasteiger partial charge in [0.05, 0.1) is 5.69 Å². The average Bonchev–Trinajstić information content (AvgIpc) is 3.24. The van der Waals surface area contributed by atoms with Crippen LogP contribution < -0.4 is 15.4 Å². The Balaban J connectivity index is 0.00000289. The Morgan fingerprint density at radius 2 is 1.91 bits per heavy atom. The minimum absolute atomic E-state index is 0. The molecule has 0 bridgehead atoms. The van der Waals surface area contributed by atoms with Crippen molar-refractivity contribution in [2.75, 3.05) is 13.6 Å². The Kier molecular flexibility index (Phi) is 8.91. The third-order valence-corrected chi connectivity index (χ3v) is 5.06. The molecule has 0 saturated carbocycles. The molecule has 0 aliphatic carbocycles. The quantitative estimate of drug-likeness (QED) is 0.172. The molecule has 0 spiro atoms. The molecule has 4 aromatic rings. The van der Waals surface area contributed by atoms with Crippen molar-refractivity contribution in [2.45, 2.75) is 19.6 Å². The predicted octanol–water partition coefficient (Wildman–Crippen LogP) is 4.67. The van der Waals surface area contributed by atoms with E-state index in [1.165, 1.54) is 16.5 Å². The molecule has 0 aliphatic rings. The monoisotopic (exact) mass is 541 g/mol. The van der Waals surface area contributed by atoms with E-state index in [0.717, 1.165) is 35.9 Å². The number of hydrogen-bond donors (Lipinski definition) is 3. The summed E-state index contributed by atoms with van der Waals surface area (Å²) >= 11 is 0. The van der Waals surface area contributed by atoms with E-state index >= 15 is 0 Å². The van der Waals surface area contributed by atoms with Gasteiger partial charge < -0.3 is 20.4 Å². The minimum atomic E-state index is 0. The molecule has 32 heavy (non-hydrogen) atoms. The van der Waals surface area contributed by atoms with Gasteiger partial charge in [0.15, 0.2) is 5.96 Å². The van der Waals surface area contributed by atoms with Crippen molar-refractivity contribution in [1.29, 1.82) is 0 Å². The fraction of sp³-hybridized carbons (Fsp3) is 0.200. The second kappa shape index (κ2) is 12.1. The molecular formula is C25H28IN5O. The van der Waals surface area contributed by atoms with Crippen LogP contribution in [0.15, 0.2) is 84.1 Å². The lowest BCUT2D eigenvalue weighted by molar-refractivity contribution is 0.301. The Hall–Kier alpha value is -3.07. The highest BCUT2D eigenvalue weighted by Gasteiger charge is 2.04. The second-order valence-corrected chi connectivity index (χ2v) is 7.22. The van der Waals surface area contributed by atoms with E-state index < -0.39 is 0 Å². The van der Waals surface area contributed by atoms with E-state index in [4.69, 9.17) is 4.74 Å². The number of ether oxygens (including phenoxy) is 1. The first-order valence-electron chi connectivity index (χ1n) is 10.4. The van der Waals surface area contributed by atoms with E-state index in [2.05, 4.69) is 56.1 Å². The smallest absolute Gasteiger partial charge is 0.191 e. The molecule has 0 radical (unpaired) electrons. The molecular weight excluding hydrogens is 513 g/mol. The normalized spacial score (nSPS) is 11.1. The molecule has 0 unspecified atom stereocenters. The summed E-state index contributed by atoms with van der Waals surface area (Å²) in [7, 11) is 1.79. The maximum Gasteiger partial charge on any atom is 0.191 e. The van der Waals surface area contributed by atoms with Crippen molar-refractivity contribution >= 4 is 40.8 Å². The lowest BCUT2D eigenvalue weighted by Gasteiger charge is -2.13. The van der Waals surface area contributed by atoms with E-state index in [0.29, 0.717) is 13.2 Å². The van der Waals surface area contributed by atoms with Crippen molar-refractivity contribution in [3.8, 4) is 5.75 Å². The Labute approximate surface area is 205 Å². The standard InChI is InChI=1S/C25H27N5O.HI/c1-26-25(28-14-12-20-17-29-24-11-3-2-10-23(20)24)30-16-19-7-6-9-22(15-19)31-18-21-8-4-5-13-27-21;/h2-11,13,15,17,29H,12,14,16,18H2,1H3,(H2,26,28,30);1H. The molecule has 0 aliphatic heterocycles. The summed E-state index contributed by atoms with van der Waals surface area (Å²) in [5.41, 5.74) is 4.50. The summed E-state index contributed by atoms with van der Waals surface area (Å²) < 4.78 is 5.87. The number of rotatable bonds is 8. The molecule has 0 amide bonds. The van der Waals surface area contributed by atoms with Crippen LogP contribution in [-0.4, -0.2) is 29.5 Å². The fourth-order valence-corrected chi connectivity index (χ4v) is 3.45. The summed E-state index contributed by atoms with van der Waals surface area (Å²) in [6, 6.07) is 22.2. The van der Waals surface area contributed by atoms with Crippen molar-refractivity contribution in [3.05, 3.63) is 95.9 Å². The highest BCUT2D eigenvalue weighted by atomic mass is 127. The third-order valence-electron chi connectivity index (χ3n) is 5.06. The molecule has 0 fully saturated rings. The van der Waals surface area contributed by atoms with E-state index in [9.17, 15) is 0 Å². The number of nitrogens with zero attached hydrogens (tertiary/aromatic N) is 2. The number of aliphatic imine (C=N–C) groups is 1. The van der Waals surface area contributed by atoms with Gasteiger partial charge >= 0.3 is 0 Å². The number of hydrogen-bond acceptors (Lipinski definition) is 3. The minimum Gasteiger partial charge on any atom is -0.487 e. The molecule has 4 rings (SSSR count). The number of pyridine rings is 1. The van der Waals surface area contributed by atoms with Gasteiger partial charge in [0.1, 0.15) is 12.4 Å². The molecule has 0 atom stereocenters. The van der Waals surface area contributed by atoms with Crippen LogP contribution in [0.5, 0.6) is 5.75 Å².